The summed E-state index contributed by atoms with van der Waals surface area (Å²) in [4.78, 5) is 12.6. The summed E-state index contributed by atoms with van der Waals surface area (Å²) < 4.78 is 1.36. The minimum Gasteiger partial charge on any atom is -0.300 e. The molecule has 1 aromatic carbocycles. The van der Waals surface area contributed by atoms with Crippen LogP contribution in [0, 0.1) is 5.92 Å². The van der Waals surface area contributed by atoms with Gasteiger partial charge in [-0.1, -0.05) is 30.4 Å². The Morgan fingerprint density at radius 2 is 2.22 bits per heavy atom. The van der Waals surface area contributed by atoms with Gasteiger partial charge in [0, 0.05) is 22.4 Å². The van der Waals surface area contributed by atoms with Gasteiger partial charge < -0.3 is 0 Å². The number of thiophene rings is 1. The second kappa shape index (κ2) is 5.07. The molecule has 1 aromatic heterocycles. The molecule has 0 spiro atoms. The van der Waals surface area contributed by atoms with E-state index in [9.17, 15) is 4.79 Å². The summed E-state index contributed by atoms with van der Waals surface area (Å²) >= 11 is 1.86. The molecule has 0 N–H and O–H groups in total. The molecule has 18 heavy (non-hydrogen) atoms. The lowest BCUT2D eigenvalue weighted by Crippen LogP contribution is -1.90. The molecule has 0 bridgehead atoms. The van der Waals surface area contributed by atoms with Gasteiger partial charge >= 0.3 is 0 Å². The first-order valence-corrected chi connectivity index (χ1v) is 7.29. The van der Waals surface area contributed by atoms with Gasteiger partial charge in [0.2, 0.25) is 0 Å². The van der Waals surface area contributed by atoms with Gasteiger partial charge in [0.15, 0.2) is 0 Å². The van der Waals surface area contributed by atoms with Gasteiger partial charge in [-0.3, -0.25) is 4.79 Å². The number of benzene rings is 1. The normalized spacial score (nSPS) is 20.2. The highest BCUT2D eigenvalue weighted by atomic mass is 32.1. The zero-order chi connectivity index (χ0) is 12.4. The van der Waals surface area contributed by atoms with Crippen molar-refractivity contribution in [3.63, 3.8) is 0 Å². The minimum absolute atomic E-state index is 0.423. The summed E-state index contributed by atoms with van der Waals surface area (Å²) in [5, 5.41) is 1.34. The maximum absolute atomic E-state index is 11.2. The van der Waals surface area contributed by atoms with Crippen molar-refractivity contribution in [2.45, 2.75) is 25.7 Å². The molecule has 1 saturated carbocycles. The van der Waals surface area contributed by atoms with Gasteiger partial charge in [0.05, 0.1) is 0 Å². The standard InChI is InChI=1S/C16H16OS/c17-14-9-8-12(10-14)4-3-6-15-11-13-5-1-2-7-16(13)18-15/h1-5,7,11-12H,6,8-10H2/b4-3+. The molecule has 0 saturated heterocycles. The lowest BCUT2D eigenvalue weighted by Gasteiger charge is -1.97. The van der Waals surface area contributed by atoms with E-state index in [0.717, 1.165) is 25.7 Å². The first-order chi connectivity index (χ1) is 8.81. The van der Waals surface area contributed by atoms with E-state index in [-0.39, 0.29) is 0 Å². The Morgan fingerprint density at radius 3 is 3.00 bits per heavy atom. The van der Waals surface area contributed by atoms with Crippen molar-refractivity contribution in [1.82, 2.24) is 0 Å². The van der Waals surface area contributed by atoms with Gasteiger partial charge in [-0.25, -0.2) is 0 Å². The molecule has 0 radical (unpaired) electrons. The quantitative estimate of drug-likeness (QED) is 0.745. The summed E-state index contributed by atoms with van der Waals surface area (Å²) in [5.41, 5.74) is 0. The van der Waals surface area contributed by atoms with Crippen LogP contribution in [0.1, 0.15) is 24.1 Å². The van der Waals surface area contributed by atoms with Crippen molar-refractivity contribution in [3.8, 4) is 0 Å². The molecule has 1 atom stereocenters. The van der Waals surface area contributed by atoms with E-state index in [1.54, 1.807) is 0 Å². The molecule has 1 aliphatic carbocycles. The zero-order valence-corrected chi connectivity index (χ0v) is 11.1. The molecule has 0 amide bonds. The Kier molecular flexibility index (Phi) is 3.28. The lowest BCUT2D eigenvalue weighted by molar-refractivity contribution is -0.117. The average molecular weight is 256 g/mol. The van der Waals surface area contributed by atoms with E-state index in [0.29, 0.717) is 11.7 Å². The maximum Gasteiger partial charge on any atom is 0.133 e. The number of carbonyl (C=O) groups is 1. The molecule has 2 heteroatoms. The van der Waals surface area contributed by atoms with Crippen LogP contribution in [0.25, 0.3) is 10.1 Å². The zero-order valence-electron chi connectivity index (χ0n) is 10.3. The third-order valence-electron chi connectivity index (χ3n) is 3.49. The number of ketones is 1. The number of rotatable bonds is 3. The first-order valence-electron chi connectivity index (χ1n) is 6.47. The van der Waals surface area contributed by atoms with Crippen molar-refractivity contribution < 1.29 is 4.79 Å². The van der Waals surface area contributed by atoms with Gasteiger partial charge in [0.1, 0.15) is 5.78 Å². The molecule has 2 aromatic rings. The van der Waals surface area contributed by atoms with E-state index < -0.39 is 0 Å². The van der Waals surface area contributed by atoms with Gasteiger partial charge in [-0.05, 0) is 36.3 Å². The van der Waals surface area contributed by atoms with E-state index in [1.165, 1.54) is 15.0 Å². The third-order valence-corrected chi connectivity index (χ3v) is 4.63. The summed E-state index contributed by atoms with van der Waals surface area (Å²) in [6, 6.07) is 10.8. The maximum atomic E-state index is 11.2. The van der Waals surface area contributed by atoms with Crippen molar-refractivity contribution >= 4 is 27.2 Å². The third kappa shape index (κ3) is 2.54. The van der Waals surface area contributed by atoms with Gasteiger partial charge in [-0.2, -0.15) is 0 Å². The van der Waals surface area contributed by atoms with E-state index in [1.807, 2.05) is 11.3 Å². The fourth-order valence-electron chi connectivity index (χ4n) is 2.52. The predicted octanol–water partition coefficient (Wildman–Crippen LogP) is 4.37. The number of Topliss-reactive ketones (excluding diaryl/α,β-unsaturated/α-hetero) is 1. The minimum atomic E-state index is 0.423. The van der Waals surface area contributed by atoms with Gasteiger partial charge in [0.25, 0.3) is 0 Å². The molecular formula is C16H16OS. The molecule has 0 aliphatic heterocycles. The fraction of sp³-hybridized carbons (Fsp3) is 0.312. The molecule has 3 rings (SSSR count). The number of fused-ring (bicyclic) bond motifs is 1. The van der Waals surface area contributed by atoms with Crippen LogP contribution in [-0.4, -0.2) is 5.78 Å². The van der Waals surface area contributed by atoms with Crippen LogP contribution < -0.4 is 0 Å². The van der Waals surface area contributed by atoms with Crippen molar-refractivity contribution in [2.24, 2.45) is 5.92 Å². The highest BCUT2D eigenvalue weighted by molar-refractivity contribution is 7.19. The van der Waals surface area contributed by atoms with Crippen LogP contribution in [0.2, 0.25) is 0 Å². The molecule has 1 fully saturated rings. The van der Waals surface area contributed by atoms with Crippen LogP contribution in [0.5, 0.6) is 0 Å². The van der Waals surface area contributed by atoms with Crippen molar-refractivity contribution in [2.75, 3.05) is 0 Å². The Labute approximate surface area is 111 Å². The van der Waals surface area contributed by atoms with E-state index in [2.05, 4.69) is 42.5 Å². The number of hydrogen-bond donors (Lipinski definition) is 0. The topological polar surface area (TPSA) is 17.1 Å². The molecular weight excluding hydrogens is 240 g/mol. The largest absolute Gasteiger partial charge is 0.300 e. The average Bonchev–Trinajstić information content (AvgIpc) is 2.95. The Hall–Kier alpha value is -1.41. The molecule has 92 valence electrons. The van der Waals surface area contributed by atoms with E-state index >= 15 is 0 Å². The summed E-state index contributed by atoms with van der Waals surface area (Å²) in [5.74, 6) is 0.915. The van der Waals surface area contributed by atoms with Crippen molar-refractivity contribution in [1.29, 1.82) is 0 Å². The smallest absolute Gasteiger partial charge is 0.133 e. The summed E-state index contributed by atoms with van der Waals surface area (Å²) in [6.45, 7) is 0. The second-order valence-electron chi connectivity index (χ2n) is 4.92. The molecule has 1 heterocycles. The second-order valence-corrected chi connectivity index (χ2v) is 6.09. The Balaban J connectivity index is 1.65. The highest BCUT2D eigenvalue weighted by Gasteiger charge is 2.18. The first kappa shape index (κ1) is 11.7. The SMILES string of the molecule is O=C1CCC(/C=C/Cc2cc3ccccc3s2)C1. The predicted molar refractivity (Wildman–Crippen MR) is 77.0 cm³/mol. The van der Waals surface area contributed by atoms with Crippen LogP contribution in [0.3, 0.4) is 0 Å². The number of carbonyl (C=O) groups excluding carboxylic acids is 1. The lowest BCUT2D eigenvalue weighted by atomic mass is 10.1. The molecule has 1 unspecified atom stereocenters. The van der Waals surface area contributed by atoms with E-state index in [4.69, 9.17) is 0 Å². The fourth-order valence-corrected chi connectivity index (χ4v) is 3.56. The van der Waals surface area contributed by atoms with Crippen molar-refractivity contribution in [3.05, 3.63) is 47.4 Å². The molecule has 1 nitrogen and oxygen atoms in total. The molecule has 1 aliphatic rings. The van der Waals surface area contributed by atoms with Crippen LogP contribution in [0.15, 0.2) is 42.5 Å². The number of hydrogen-bond acceptors (Lipinski definition) is 2. The van der Waals surface area contributed by atoms with Gasteiger partial charge in [-0.15, -0.1) is 11.3 Å². The Bertz CT molecular complexity index is 561. The number of allylic oxidation sites excluding steroid dienone is 2. The van der Waals surface area contributed by atoms with Crippen LogP contribution in [-0.2, 0) is 11.2 Å². The highest BCUT2D eigenvalue weighted by Crippen LogP contribution is 2.27. The van der Waals surface area contributed by atoms with Crippen LogP contribution >= 0.6 is 11.3 Å². The Morgan fingerprint density at radius 1 is 1.33 bits per heavy atom. The monoisotopic (exact) mass is 256 g/mol. The summed E-state index contributed by atoms with van der Waals surface area (Å²) in [6.07, 6.45) is 8.02. The van der Waals surface area contributed by atoms with Crippen LogP contribution in [0.4, 0.5) is 0 Å². The summed E-state index contributed by atoms with van der Waals surface area (Å²) in [7, 11) is 0.